The number of amides is 1. The Morgan fingerprint density at radius 2 is 1.75 bits per heavy atom. The van der Waals surface area contributed by atoms with Crippen LogP contribution in [0.15, 0.2) is 24.3 Å². The third-order valence-electron chi connectivity index (χ3n) is 2.63. The molecule has 0 radical (unpaired) electrons. The van der Waals surface area contributed by atoms with Crippen LogP contribution in [0.4, 0.5) is 13.2 Å². The van der Waals surface area contributed by atoms with Crippen molar-refractivity contribution in [2.75, 3.05) is 13.1 Å². The van der Waals surface area contributed by atoms with Crippen molar-refractivity contribution in [3.8, 4) is 0 Å². The van der Waals surface area contributed by atoms with Gasteiger partial charge >= 0.3 is 6.18 Å². The second-order valence-corrected chi connectivity index (χ2v) is 4.21. The van der Waals surface area contributed by atoms with Gasteiger partial charge in [0.25, 0.3) is 0 Å². The molecule has 112 valence electrons. The van der Waals surface area contributed by atoms with Crippen molar-refractivity contribution < 1.29 is 28.2 Å². The maximum Gasteiger partial charge on any atom is 0.416 e. The zero-order valence-electron chi connectivity index (χ0n) is 10.4. The number of alkyl halides is 3. The molecule has 0 fully saturated rings. The van der Waals surface area contributed by atoms with Crippen LogP contribution in [0.3, 0.4) is 0 Å². The Labute approximate surface area is 113 Å². The molecule has 0 bridgehead atoms. The smallest absolute Gasteiger partial charge is 0.387 e. The van der Waals surface area contributed by atoms with Gasteiger partial charge in [0.1, 0.15) is 6.10 Å². The molecule has 0 saturated heterocycles. The first-order valence-electron chi connectivity index (χ1n) is 5.75. The minimum atomic E-state index is -4.42. The first-order chi connectivity index (χ1) is 9.21. The van der Waals surface area contributed by atoms with Crippen molar-refractivity contribution in [1.29, 1.82) is 0 Å². The van der Waals surface area contributed by atoms with Crippen molar-refractivity contribution in [3.63, 3.8) is 0 Å². The lowest BCUT2D eigenvalue weighted by atomic mass is 10.1. The van der Waals surface area contributed by atoms with Gasteiger partial charge in [-0.05, 0) is 17.7 Å². The summed E-state index contributed by atoms with van der Waals surface area (Å²) in [6, 6.07) is 4.08. The lowest BCUT2D eigenvalue weighted by Gasteiger charge is -2.14. The van der Waals surface area contributed by atoms with E-state index in [4.69, 9.17) is 10.8 Å². The highest BCUT2D eigenvalue weighted by Gasteiger charge is 2.30. The van der Waals surface area contributed by atoms with Gasteiger partial charge in [-0.2, -0.15) is 13.2 Å². The fraction of sp³-hybridized carbons (Fsp3) is 0.417. The summed E-state index contributed by atoms with van der Waals surface area (Å²) < 4.78 is 37.0. The van der Waals surface area contributed by atoms with Crippen LogP contribution in [0.25, 0.3) is 0 Å². The van der Waals surface area contributed by atoms with E-state index in [1.165, 1.54) is 12.1 Å². The molecule has 2 unspecified atom stereocenters. The number of hydrogen-bond donors (Lipinski definition) is 4. The van der Waals surface area contributed by atoms with Crippen molar-refractivity contribution >= 4 is 5.91 Å². The van der Waals surface area contributed by atoms with Gasteiger partial charge in [0.05, 0.1) is 11.7 Å². The van der Waals surface area contributed by atoms with Gasteiger partial charge in [-0.15, -0.1) is 0 Å². The zero-order valence-corrected chi connectivity index (χ0v) is 10.4. The summed E-state index contributed by atoms with van der Waals surface area (Å²) in [6.07, 6.45) is -6.86. The Kier molecular flexibility index (Phi) is 5.49. The van der Waals surface area contributed by atoms with E-state index in [1.54, 1.807) is 0 Å². The molecule has 0 aliphatic rings. The fourth-order valence-electron chi connectivity index (χ4n) is 1.47. The minimum absolute atomic E-state index is 0.0320. The molecule has 0 aromatic heterocycles. The average molecular weight is 292 g/mol. The molecule has 0 heterocycles. The Morgan fingerprint density at radius 3 is 2.20 bits per heavy atom. The van der Waals surface area contributed by atoms with Gasteiger partial charge in [0, 0.05) is 13.1 Å². The van der Waals surface area contributed by atoms with Crippen molar-refractivity contribution in [2.45, 2.75) is 18.4 Å². The van der Waals surface area contributed by atoms with Gasteiger partial charge in [0.15, 0.2) is 0 Å². The summed E-state index contributed by atoms with van der Waals surface area (Å²) in [7, 11) is 0. The second-order valence-electron chi connectivity index (χ2n) is 4.21. The number of halogens is 3. The third-order valence-corrected chi connectivity index (χ3v) is 2.63. The van der Waals surface area contributed by atoms with E-state index in [-0.39, 0.29) is 13.1 Å². The number of benzene rings is 1. The number of aliphatic hydroxyl groups is 2. The molecule has 0 aliphatic carbocycles. The van der Waals surface area contributed by atoms with Crippen molar-refractivity contribution in [3.05, 3.63) is 35.4 Å². The number of aliphatic hydroxyl groups excluding tert-OH is 2. The summed E-state index contributed by atoms with van der Waals surface area (Å²) in [4.78, 5) is 10.5. The molecule has 2 atom stereocenters. The SMILES string of the molecule is NC(=O)C(O)CNCC(O)c1ccc(C(F)(F)F)cc1. The number of hydrogen-bond acceptors (Lipinski definition) is 4. The van der Waals surface area contributed by atoms with E-state index in [2.05, 4.69) is 5.32 Å². The number of carbonyl (C=O) groups excluding carboxylic acids is 1. The van der Waals surface area contributed by atoms with E-state index in [9.17, 15) is 23.1 Å². The van der Waals surface area contributed by atoms with Crippen molar-refractivity contribution in [1.82, 2.24) is 5.32 Å². The summed E-state index contributed by atoms with van der Waals surface area (Å²) in [5.74, 6) is -0.901. The molecule has 20 heavy (non-hydrogen) atoms. The highest BCUT2D eigenvalue weighted by atomic mass is 19.4. The molecule has 8 heteroatoms. The van der Waals surface area contributed by atoms with E-state index in [0.717, 1.165) is 12.1 Å². The van der Waals surface area contributed by atoms with Crippen LogP contribution in [-0.4, -0.2) is 35.3 Å². The number of carbonyl (C=O) groups is 1. The van der Waals surface area contributed by atoms with Crippen LogP contribution >= 0.6 is 0 Å². The van der Waals surface area contributed by atoms with Gasteiger partial charge in [-0.3, -0.25) is 4.79 Å². The van der Waals surface area contributed by atoms with Crippen LogP contribution in [0, 0.1) is 0 Å². The van der Waals surface area contributed by atoms with E-state index < -0.39 is 29.9 Å². The highest BCUT2D eigenvalue weighted by Crippen LogP contribution is 2.29. The van der Waals surface area contributed by atoms with Gasteiger partial charge in [-0.25, -0.2) is 0 Å². The molecule has 1 amide bonds. The predicted molar refractivity (Wildman–Crippen MR) is 64.5 cm³/mol. The number of primary amides is 1. The van der Waals surface area contributed by atoms with Crippen LogP contribution < -0.4 is 11.1 Å². The van der Waals surface area contributed by atoms with E-state index >= 15 is 0 Å². The van der Waals surface area contributed by atoms with Crippen LogP contribution in [0.1, 0.15) is 17.2 Å². The quantitative estimate of drug-likeness (QED) is 0.601. The molecule has 0 saturated carbocycles. The maximum absolute atomic E-state index is 12.3. The van der Waals surface area contributed by atoms with E-state index in [0.29, 0.717) is 5.56 Å². The molecule has 5 nitrogen and oxygen atoms in total. The van der Waals surface area contributed by atoms with Crippen LogP contribution in [-0.2, 0) is 11.0 Å². The molecular weight excluding hydrogens is 277 g/mol. The Balaban J connectivity index is 2.52. The molecule has 1 aromatic rings. The lowest BCUT2D eigenvalue weighted by molar-refractivity contribution is -0.137. The van der Waals surface area contributed by atoms with Crippen molar-refractivity contribution in [2.24, 2.45) is 5.73 Å². The Bertz CT molecular complexity index is 448. The summed E-state index contributed by atoms with van der Waals surface area (Å²) in [6.45, 7) is -0.178. The summed E-state index contributed by atoms with van der Waals surface area (Å²) in [5.41, 5.74) is 4.31. The standard InChI is InChI=1S/C12H15F3N2O3/c13-12(14,15)8-3-1-7(2-4-8)9(18)5-17-6-10(19)11(16)20/h1-4,9-10,17-19H,5-6H2,(H2,16,20). The fourth-order valence-corrected chi connectivity index (χ4v) is 1.47. The zero-order chi connectivity index (χ0) is 15.3. The number of nitrogens with one attached hydrogen (secondary N) is 1. The summed E-state index contributed by atoms with van der Waals surface area (Å²) >= 11 is 0. The van der Waals surface area contributed by atoms with E-state index in [1.807, 2.05) is 0 Å². The average Bonchev–Trinajstić information content (AvgIpc) is 2.37. The third kappa shape index (κ3) is 4.80. The molecule has 5 N–H and O–H groups in total. The Morgan fingerprint density at radius 1 is 1.20 bits per heavy atom. The molecular formula is C12H15F3N2O3. The Hall–Kier alpha value is -1.64. The largest absolute Gasteiger partial charge is 0.416 e. The molecule has 0 spiro atoms. The molecule has 0 aliphatic heterocycles. The number of nitrogens with two attached hydrogens (primary N) is 1. The first kappa shape index (κ1) is 16.4. The summed E-state index contributed by atoms with van der Waals surface area (Å²) in [5, 5.41) is 21.4. The topological polar surface area (TPSA) is 95.6 Å². The monoisotopic (exact) mass is 292 g/mol. The predicted octanol–water partition coefficient (Wildman–Crippen LogP) is 0.175. The maximum atomic E-state index is 12.3. The molecule has 1 rings (SSSR count). The second kappa shape index (κ2) is 6.69. The first-order valence-corrected chi connectivity index (χ1v) is 5.75. The minimum Gasteiger partial charge on any atom is -0.387 e. The molecule has 1 aromatic carbocycles. The van der Waals surface area contributed by atoms with Crippen LogP contribution in [0.2, 0.25) is 0 Å². The van der Waals surface area contributed by atoms with Crippen LogP contribution in [0.5, 0.6) is 0 Å². The highest BCUT2D eigenvalue weighted by molar-refractivity contribution is 5.78. The van der Waals surface area contributed by atoms with Gasteiger partial charge in [0.2, 0.25) is 5.91 Å². The number of rotatable bonds is 6. The van der Waals surface area contributed by atoms with Gasteiger partial charge in [-0.1, -0.05) is 12.1 Å². The normalized spacial score (nSPS) is 14.8. The lowest BCUT2D eigenvalue weighted by Crippen LogP contribution is -2.38. The van der Waals surface area contributed by atoms with Gasteiger partial charge < -0.3 is 21.3 Å².